The third kappa shape index (κ3) is 1.87. The first-order valence-electron chi connectivity index (χ1n) is 5.54. The molecule has 0 aliphatic carbocycles. The smallest absolute Gasteiger partial charge is 0.339 e. The quantitative estimate of drug-likeness (QED) is 0.864. The Morgan fingerprint density at radius 3 is 2.39 bits per heavy atom. The molecule has 0 saturated carbocycles. The van der Waals surface area contributed by atoms with Crippen molar-refractivity contribution in [3.63, 3.8) is 0 Å². The Labute approximate surface area is 104 Å². The van der Waals surface area contributed by atoms with Crippen LogP contribution in [0.15, 0.2) is 0 Å². The zero-order valence-electron chi connectivity index (χ0n) is 10.8. The first kappa shape index (κ1) is 12.3. The van der Waals surface area contributed by atoms with Gasteiger partial charge in [-0.15, -0.1) is 10.2 Å². The molecule has 0 fully saturated rings. The molecule has 0 aromatic carbocycles. The number of aromatic nitrogens is 5. The van der Waals surface area contributed by atoms with Crippen molar-refractivity contribution in [1.82, 2.24) is 24.5 Å². The van der Waals surface area contributed by atoms with Crippen molar-refractivity contribution in [2.75, 3.05) is 0 Å². The van der Waals surface area contributed by atoms with E-state index in [4.69, 9.17) is 5.11 Å². The molecule has 0 bridgehead atoms. The molecule has 0 amide bonds. The first-order valence-corrected chi connectivity index (χ1v) is 5.54. The number of nitrogens with zero attached hydrogens (tertiary/aromatic N) is 5. The van der Waals surface area contributed by atoms with Gasteiger partial charge in [0.15, 0.2) is 5.82 Å². The van der Waals surface area contributed by atoms with Gasteiger partial charge in [-0.05, 0) is 20.8 Å². The predicted octanol–water partition coefficient (Wildman–Crippen LogP) is 0.683. The number of rotatable bonds is 3. The number of aromatic carboxylic acids is 1. The van der Waals surface area contributed by atoms with E-state index in [0.717, 1.165) is 11.6 Å². The van der Waals surface area contributed by atoms with Crippen molar-refractivity contribution >= 4 is 5.97 Å². The Morgan fingerprint density at radius 1 is 1.28 bits per heavy atom. The van der Waals surface area contributed by atoms with Crippen LogP contribution >= 0.6 is 0 Å². The van der Waals surface area contributed by atoms with Crippen LogP contribution < -0.4 is 0 Å². The fourth-order valence-electron chi connectivity index (χ4n) is 1.88. The molecular formula is C11H15N5O2. The van der Waals surface area contributed by atoms with Crippen LogP contribution in [-0.4, -0.2) is 35.6 Å². The van der Waals surface area contributed by atoms with E-state index in [-0.39, 0.29) is 5.56 Å². The van der Waals surface area contributed by atoms with E-state index in [0.29, 0.717) is 17.9 Å². The number of carbonyl (C=O) groups is 1. The van der Waals surface area contributed by atoms with Gasteiger partial charge in [-0.3, -0.25) is 4.68 Å². The summed E-state index contributed by atoms with van der Waals surface area (Å²) in [6, 6.07) is 0. The summed E-state index contributed by atoms with van der Waals surface area (Å²) in [5.41, 5.74) is 1.40. The van der Waals surface area contributed by atoms with Crippen LogP contribution in [0.25, 0.3) is 0 Å². The largest absolute Gasteiger partial charge is 0.478 e. The van der Waals surface area contributed by atoms with Gasteiger partial charge in [-0.2, -0.15) is 5.10 Å². The molecule has 7 heteroatoms. The van der Waals surface area contributed by atoms with Crippen molar-refractivity contribution in [1.29, 1.82) is 0 Å². The lowest BCUT2D eigenvalue weighted by Gasteiger charge is -2.04. The topological polar surface area (TPSA) is 85.8 Å². The van der Waals surface area contributed by atoms with E-state index in [1.807, 2.05) is 18.5 Å². The van der Waals surface area contributed by atoms with Crippen LogP contribution in [0.5, 0.6) is 0 Å². The van der Waals surface area contributed by atoms with E-state index in [1.54, 1.807) is 18.5 Å². The van der Waals surface area contributed by atoms with Crippen molar-refractivity contribution < 1.29 is 9.90 Å². The van der Waals surface area contributed by atoms with Crippen molar-refractivity contribution in [2.45, 2.75) is 27.3 Å². The molecule has 2 rings (SSSR count). The highest BCUT2D eigenvalue weighted by Crippen LogP contribution is 2.14. The average Bonchev–Trinajstić information content (AvgIpc) is 2.73. The molecule has 2 aromatic rings. The van der Waals surface area contributed by atoms with Gasteiger partial charge in [-0.25, -0.2) is 4.79 Å². The Bertz CT molecular complexity index is 611. The first-order chi connectivity index (χ1) is 8.41. The summed E-state index contributed by atoms with van der Waals surface area (Å²) in [5.74, 6) is 0.602. The fourth-order valence-corrected chi connectivity index (χ4v) is 1.88. The molecule has 0 aliphatic heterocycles. The maximum Gasteiger partial charge on any atom is 0.339 e. The molecule has 0 radical (unpaired) electrons. The van der Waals surface area contributed by atoms with Crippen molar-refractivity contribution in [3.05, 3.63) is 28.6 Å². The highest BCUT2D eigenvalue weighted by Gasteiger charge is 2.18. The lowest BCUT2D eigenvalue weighted by Crippen LogP contribution is -2.10. The van der Waals surface area contributed by atoms with Crippen LogP contribution in [0, 0.1) is 20.8 Å². The maximum atomic E-state index is 11.1. The van der Waals surface area contributed by atoms with E-state index in [9.17, 15) is 4.79 Å². The average molecular weight is 249 g/mol. The number of carboxylic acid groups (broad SMARTS) is 1. The molecule has 7 nitrogen and oxygen atoms in total. The molecule has 0 aliphatic rings. The molecule has 0 unspecified atom stereocenters. The van der Waals surface area contributed by atoms with Gasteiger partial charge in [0.2, 0.25) is 0 Å². The standard InChI is InChI=1S/C11H15N5O2/c1-6-10(11(17)18)7(2)16(14-6)5-9-13-12-8(3)15(9)4/h5H2,1-4H3,(H,17,18). The normalized spacial score (nSPS) is 10.9. The number of carboxylic acids is 1. The second-order valence-corrected chi connectivity index (χ2v) is 4.23. The maximum absolute atomic E-state index is 11.1. The van der Waals surface area contributed by atoms with E-state index < -0.39 is 5.97 Å². The third-order valence-electron chi connectivity index (χ3n) is 3.07. The van der Waals surface area contributed by atoms with Crippen molar-refractivity contribution in [2.24, 2.45) is 7.05 Å². The molecular weight excluding hydrogens is 234 g/mol. The minimum atomic E-state index is -0.953. The Balaban J connectivity index is 2.39. The van der Waals surface area contributed by atoms with E-state index >= 15 is 0 Å². The third-order valence-corrected chi connectivity index (χ3v) is 3.07. The summed E-state index contributed by atoms with van der Waals surface area (Å²) in [4.78, 5) is 11.1. The Morgan fingerprint density at radius 2 is 1.94 bits per heavy atom. The zero-order chi connectivity index (χ0) is 13.4. The second kappa shape index (κ2) is 4.25. The van der Waals surface area contributed by atoms with Gasteiger partial charge >= 0.3 is 5.97 Å². The molecule has 0 atom stereocenters. The highest BCUT2D eigenvalue weighted by molar-refractivity contribution is 5.90. The summed E-state index contributed by atoms with van der Waals surface area (Å²) in [7, 11) is 1.87. The summed E-state index contributed by atoms with van der Waals surface area (Å²) < 4.78 is 3.50. The summed E-state index contributed by atoms with van der Waals surface area (Å²) in [6.07, 6.45) is 0. The monoisotopic (exact) mass is 249 g/mol. The Hall–Kier alpha value is -2.18. The fraction of sp³-hybridized carbons (Fsp3) is 0.455. The molecule has 96 valence electrons. The lowest BCUT2D eigenvalue weighted by molar-refractivity contribution is 0.0695. The summed E-state index contributed by atoms with van der Waals surface area (Å²) >= 11 is 0. The lowest BCUT2D eigenvalue weighted by atomic mass is 10.2. The van der Waals surface area contributed by atoms with Crippen LogP contribution in [0.3, 0.4) is 0 Å². The molecule has 0 spiro atoms. The zero-order valence-corrected chi connectivity index (χ0v) is 10.8. The van der Waals surface area contributed by atoms with Crippen LogP contribution in [0.4, 0.5) is 0 Å². The van der Waals surface area contributed by atoms with Gasteiger partial charge in [0.25, 0.3) is 0 Å². The molecule has 18 heavy (non-hydrogen) atoms. The van der Waals surface area contributed by atoms with Gasteiger partial charge in [0.1, 0.15) is 17.9 Å². The van der Waals surface area contributed by atoms with Gasteiger partial charge in [0.05, 0.1) is 11.4 Å². The van der Waals surface area contributed by atoms with E-state index in [2.05, 4.69) is 15.3 Å². The number of aryl methyl sites for hydroxylation is 2. The summed E-state index contributed by atoms with van der Waals surface area (Å²) in [6.45, 7) is 5.71. The predicted molar refractivity (Wildman–Crippen MR) is 63.5 cm³/mol. The molecule has 1 N–H and O–H groups in total. The SMILES string of the molecule is Cc1nn(Cc2nnc(C)n2C)c(C)c1C(=O)O. The van der Waals surface area contributed by atoms with Gasteiger partial charge in [0, 0.05) is 7.05 Å². The van der Waals surface area contributed by atoms with Gasteiger partial charge in [-0.1, -0.05) is 0 Å². The summed E-state index contributed by atoms with van der Waals surface area (Å²) in [5, 5.41) is 21.3. The van der Waals surface area contributed by atoms with Gasteiger partial charge < -0.3 is 9.67 Å². The molecule has 2 aromatic heterocycles. The Kier molecular flexibility index (Phi) is 2.90. The minimum absolute atomic E-state index is 0.258. The van der Waals surface area contributed by atoms with E-state index in [1.165, 1.54) is 0 Å². The number of hydrogen-bond donors (Lipinski definition) is 1. The van der Waals surface area contributed by atoms with Crippen LogP contribution in [0.2, 0.25) is 0 Å². The molecule has 2 heterocycles. The molecule has 0 saturated heterocycles. The van der Waals surface area contributed by atoms with Crippen molar-refractivity contribution in [3.8, 4) is 0 Å². The van der Waals surface area contributed by atoms with Crippen LogP contribution in [0.1, 0.15) is 33.4 Å². The number of hydrogen-bond acceptors (Lipinski definition) is 4. The minimum Gasteiger partial charge on any atom is -0.478 e. The van der Waals surface area contributed by atoms with Crippen LogP contribution in [-0.2, 0) is 13.6 Å². The highest BCUT2D eigenvalue weighted by atomic mass is 16.4. The second-order valence-electron chi connectivity index (χ2n) is 4.23.